The fourth-order valence-corrected chi connectivity index (χ4v) is 5.32. The molecule has 3 atom stereocenters. The van der Waals surface area contributed by atoms with Crippen LogP contribution in [-0.2, 0) is 28.4 Å². The van der Waals surface area contributed by atoms with Crippen LogP contribution in [0, 0.1) is 11.8 Å². The van der Waals surface area contributed by atoms with Crippen molar-refractivity contribution in [3.63, 3.8) is 0 Å². The molecule has 1 amide bonds. The highest BCUT2D eigenvalue weighted by molar-refractivity contribution is 5.93. The molecule has 1 spiro atoms. The lowest BCUT2D eigenvalue weighted by Gasteiger charge is -2.53. The van der Waals surface area contributed by atoms with Crippen molar-refractivity contribution in [1.29, 1.82) is 0 Å². The molecule has 1 saturated heterocycles. The normalized spacial score (nSPS) is 35.1. The quantitative estimate of drug-likeness (QED) is 0.851. The van der Waals surface area contributed by atoms with E-state index >= 15 is 0 Å². The average Bonchev–Trinajstić information content (AvgIpc) is 3.09. The monoisotopic (exact) mass is 319 g/mol. The number of nitrogens with two attached hydrogens (primary N) is 1. The SMILES string of the molecule is C[C@H]1[C@@H]2CCc3c(nn(C)c3C(N)=O)[C@@]2(C)CCC12OCCO2. The second-order valence-corrected chi connectivity index (χ2v) is 7.52. The summed E-state index contributed by atoms with van der Waals surface area (Å²) in [7, 11) is 1.81. The zero-order chi connectivity index (χ0) is 16.4. The van der Waals surface area contributed by atoms with Crippen LogP contribution in [0.2, 0.25) is 0 Å². The van der Waals surface area contributed by atoms with Crippen molar-refractivity contribution in [3.8, 4) is 0 Å². The molecule has 0 aromatic carbocycles. The number of nitrogens with zero attached hydrogens (tertiary/aromatic N) is 2. The van der Waals surface area contributed by atoms with E-state index in [0.29, 0.717) is 30.7 Å². The van der Waals surface area contributed by atoms with Crippen molar-refractivity contribution < 1.29 is 14.3 Å². The molecule has 0 radical (unpaired) electrons. The fraction of sp³-hybridized carbons (Fsp3) is 0.765. The zero-order valence-electron chi connectivity index (χ0n) is 14.1. The van der Waals surface area contributed by atoms with E-state index in [4.69, 9.17) is 20.3 Å². The van der Waals surface area contributed by atoms with Gasteiger partial charge in [0.1, 0.15) is 5.69 Å². The Balaban J connectivity index is 1.77. The molecule has 23 heavy (non-hydrogen) atoms. The molecule has 2 N–H and O–H groups in total. The number of amides is 1. The molecule has 3 aliphatic rings. The summed E-state index contributed by atoms with van der Waals surface area (Å²) in [6, 6.07) is 0. The number of fused-ring (bicyclic) bond motifs is 3. The van der Waals surface area contributed by atoms with Crippen LogP contribution in [0.5, 0.6) is 0 Å². The van der Waals surface area contributed by atoms with Gasteiger partial charge in [-0.05, 0) is 25.2 Å². The molecule has 1 aromatic heterocycles. The van der Waals surface area contributed by atoms with Gasteiger partial charge in [-0.1, -0.05) is 13.8 Å². The summed E-state index contributed by atoms with van der Waals surface area (Å²) in [5.41, 5.74) is 8.21. The molecule has 126 valence electrons. The maximum atomic E-state index is 11.8. The highest BCUT2D eigenvalue weighted by atomic mass is 16.7. The van der Waals surface area contributed by atoms with Gasteiger partial charge >= 0.3 is 0 Å². The zero-order valence-corrected chi connectivity index (χ0v) is 14.1. The lowest BCUT2D eigenvalue weighted by Crippen LogP contribution is -2.55. The molecule has 1 aromatic rings. The third-order valence-corrected chi connectivity index (χ3v) is 6.51. The molecular weight excluding hydrogens is 294 g/mol. The number of hydrogen-bond donors (Lipinski definition) is 1. The van der Waals surface area contributed by atoms with E-state index in [1.165, 1.54) is 0 Å². The Bertz CT molecular complexity index is 662. The standard InChI is InChI=1S/C17H25N3O3/c1-10-12-5-4-11-13(15(18)21)20(3)19-14(11)16(12,2)6-7-17(10)22-8-9-23-17/h10,12H,4-9H2,1-3H3,(H2,18,21)/t10-,12-,16-/m0/s1. The van der Waals surface area contributed by atoms with Gasteiger partial charge in [-0.15, -0.1) is 0 Å². The van der Waals surface area contributed by atoms with Crippen molar-refractivity contribution in [1.82, 2.24) is 9.78 Å². The van der Waals surface area contributed by atoms with Gasteiger partial charge in [0.05, 0.1) is 18.9 Å². The Morgan fingerprint density at radius 3 is 2.70 bits per heavy atom. The minimum atomic E-state index is -0.414. The topological polar surface area (TPSA) is 79.4 Å². The number of aromatic nitrogens is 2. The summed E-state index contributed by atoms with van der Waals surface area (Å²) < 4.78 is 13.7. The second-order valence-electron chi connectivity index (χ2n) is 7.52. The van der Waals surface area contributed by atoms with Gasteiger partial charge in [0, 0.05) is 30.4 Å². The fourth-order valence-electron chi connectivity index (χ4n) is 5.32. The first kappa shape index (κ1) is 15.1. The molecule has 0 unspecified atom stereocenters. The van der Waals surface area contributed by atoms with E-state index in [9.17, 15) is 4.79 Å². The molecule has 1 aliphatic heterocycles. The summed E-state index contributed by atoms with van der Waals surface area (Å²) in [5, 5.41) is 4.71. The van der Waals surface area contributed by atoms with Crippen LogP contribution in [0.3, 0.4) is 0 Å². The van der Waals surface area contributed by atoms with E-state index in [0.717, 1.165) is 36.9 Å². The predicted octanol–water partition coefficient (Wildman–Crippen LogP) is 1.51. The van der Waals surface area contributed by atoms with Crippen LogP contribution in [0.15, 0.2) is 0 Å². The third kappa shape index (κ3) is 1.88. The number of primary amides is 1. The van der Waals surface area contributed by atoms with Crippen LogP contribution in [0.1, 0.15) is 54.9 Å². The first-order chi connectivity index (χ1) is 10.9. The van der Waals surface area contributed by atoms with Gasteiger partial charge in [-0.25, -0.2) is 0 Å². The number of ether oxygens (including phenoxy) is 2. The van der Waals surface area contributed by atoms with E-state index in [1.807, 2.05) is 7.05 Å². The van der Waals surface area contributed by atoms with E-state index in [-0.39, 0.29) is 11.3 Å². The van der Waals surface area contributed by atoms with Crippen molar-refractivity contribution in [2.45, 2.75) is 50.7 Å². The second kappa shape index (κ2) is 4.80. The average molecular weight is 319 g/mol. The molecular formula is C17H25N3O3. The Hall–Kier alpha value is -1.40. The Morgan fingerprint density at radius 2 is 2.04 bits per heavy atom. The minimum Gasteiger partial charge on any atom is -0.364 e. The van der Waals surface area contributed by atoms with Crippen LogP contribution in [0.25, 0.3) is 0 Å². The van der Waals surface area contributed by atoms with Crippen LogP contribution < -0.4 is 5.73 Å². The maximum absolute atomic E-state index is 11.8. The molecule has 6 nitrogen and oxygen atoms in total. The Kier molecular flexibility index (Phi) is 3.16. The smallest absolute Gasteiger partial charge is 0.267 e. The van der Waals surface area contributed by atoms with E-state index < -0.39 is 5.79 Å². The van der Waals surface area contributed by atoms with E-state index in [1.54, 1.807) is 4.68 Å². The first-order valence-corrected chi connectivity index (χ1v) is 8.53. The van der Waals surface area contributed by atoms with Gasteiger partial charge in [-0.3, -0.25) is 9.48 Å². The summed E-state index contributed by atoms with van der Waals surface area (Å²) in [6.45, 7) is 5.91. The highest BCUT2D eigenvalue weighted by Gasteiger charge is 2.58. The van der Waals surface area contributed by atoms with Crippen LogP contribution in [0.4, 0.5) is 0 Å². The Morgan fingerprint density at radius 1 is 1.35 bits per heavy atom. The highest BCUT2D eigenvalue weighted by Crippen LogP contribution is 2.56. The third-order valence-electron chi connectivity index (χ3n) is 6.51. The van der Waals surface area contributed by atoms with Crippen LogP contribution >= 0.6 is 0 Å². The van der Waals surface area contributed by atoms with Gasteiger partial charge in [0.2, 0.25) is 0 Å². The van der Waals surface area contributed by atoms with Gasteiger partial charge in [0.15, 0.2) is 5.79 Å². The molecule has 0 bridgehead atoms. The first-order valence-electron chi connectivity index (χ1n) is 8.53. The van der Waals surface area contributed by atoms with Gasteiger partial charge < -0.3 is 15.2 Å². The number of aryl methyl sites for hydroxylation is 1. The Labute approximate surface area is 136 Å². The lowest BCUT2D eigenvalue weighted by molar-refractivity contribution is -0.234. The van der Waals surface area contributed by atoms with Gasteiger partial charge in [0.25, 0.3) is 5.91 Å². The number of carbonyl (C=O) groups excluding carboxylic acids is 1. The molecule has 2 fully saturated rings. The molecule has 4 rings (SSSR count). The molecule has 6 heteroatoms. The van der Waals surface area contributed by atoms with Crippen molar-refractivity contribution >= 4 is 5.91 Å². The largest absolute Gasteiger partial charge is 0.364 e. The number of rotatable bonds is 1. The summed E-state index contributed by atoms with van der Waals surface area (Å²) in [4.78, 5) is 11.8. The minimum absolute atomic E-state index is 0.0426. The summed E-state index contributed by atoms with van der Waals surface area (Å²) in [5.74, 6) is -0.0392. The van der Waals surface area contributed by atoms with Crippen LogP contribution in [-0.4, -0.2) is 34.7 Å². The summed E-state index contributed by atoms with van der Waals surface area (Å²) >= 11 is 0. The van der Waals surface area contributed by atoms with E-state index in [2.05, 4.69) is 13.8 Å². The molecule has 2 heterocycles. The predicted molar refractivity (Wildman–Crippen MR) is 83.9 cm³/mol. The van der Waals surface area contributed by atoms with Crippen molar-refractivity contribution in [2.24, 2.45) is 24.6 Å². The number of carbonyl (C=O) groups is 1. The van der Waals surface area contributed by atoms with Crippen molar-refractivity contribution in [3.05, 3.63) is 17.0 Å². The van der Waals surface area contributed by atoms with Gasteiger partial charge in [-0.2, -0.15) is 5.10 Å². The molecule has 2 aliphatic carbocycles. The summed E-state index contributed by atoms with van der Waals surface area (Å²) in [6.07, 6.45) is 3.71. The maximum Gasteiger partial charge on any atom is 0.267 e. The lowest BCUT2D eigenvalue weighted by atomic mass is 9.55. The molecule has 1 saturated carbocycles. The van der Waals surface area contributed by atoms with Crippen molar-refractivity contribution in [2.75, 3.05) is 13.2 Å². The number of hydrogen-bond acceptors (Lipinski definition) is 4.